The number of benzene rings is 1. The molecule has 1 atom stereocenters. The molecule has 0 aliphatic heterocycles. The molecule has 0 radical (unpaired) electrons. The van der Waals surface area contributed by atoms with Gasteiger partial charge in [0.15, 0.2) is 0 Å². The summed E-state index contributed by atoms with van der Waals surface area (Å²) in [5, 5.41) is 9.10. The highest BCUT2D eigenvalue weighted by atomic mass is 19.4. The molecule has 0 spiro atoms. The molecule has 3 nitrogen and oxygen atoms in total. The predicted octanol–water partition coefficient (Wildman–Crippen LogP) is 2.69. The van der Waals surface area contributed by atoms with E-state index in [2.05, 4.69) is 0 Å². The first kappa shape index (κ1) is 16.4. The van der Waals surface area contributed by atoms with Gasteiger partial charge in [-0.2, -0.15) is 13.2 Å². The molecule has 1 N–H and O–H groups in total. The van der Waals surface area contributed by atoms with Crippen LogP contribution in [0.15, 0.2) is 18.2 Å². The third-order valence-electron chi connectivity index (χ3n) is 2.70. The van der Waals surface area contributed by atoms with E-state index in [1.807, 2.05) is 0 Å². The zero-order chi connectivity index (χ0) is 15.5. The Labute approximate surface area is 113 Å². The molecule has 112 valence electrons. The van der Waals surface area contributed by atoms with Gasteiger partial charge in [-0.25, -0.2) is 4.39 Å². The first-order valence-corrected chi connectivity index (χ1v) is 5.92. The smallest absolute Gasteiger partial charge is 0.393 e. The molecule has 0 aliphatic rings. The first-order chi connectivity index (χ1) is 9.11. The normalized spacial score (nSPS) is 13.2. The molecule has 1 aromatic carbocycles. The second-order valence-electron chi connectivity index (χ2n) is 4.59. The summed E-state index contributed by atoms with van der Waals surface area (Å²) >= 11 is 0. The van der Waals surface area contributed by atoms with Gasteiger partial charge in [0, 0.05) is 19.2 Å². The van der Waals surface area contributed by atoms with E-state index in [0.717, 1.165) is 11.0 Å². The van der Waals surface area contributed by atoms with Crippen LogP contribution in [0.4, 0.5) is 17.6 Å². The van der Waals surface area contributed by atoms with Crippen LogP contribution in [0.1, 0.15) is 29.3 Å². The number of carbonyl (C=O) groups excluding carboxylic acids is 1. The fourth-order valence-electron chi connectivity index (χ4n) is 1.58. The molecule has 0 fully saturated rings. The number of carbonyl (C=O) groups is 1. The zero-order valence-corrected chi connectivity index (χ0v) is 11.0. The summed E-state index contributed by atoms with van der Waals surface area (Å²) in [6, 6.07) is 1.72. The van der Waals surface area contributed by atoms with Crippen LogP contribution in [0.3, 0.4) is 0 Å². The van der Waals surface area contributed by atoms with Gasteiger partial charge in [0.1, 0.15) is 5.82 Å². The minimum Gasteiger partial charge on any atom is -0.393 e. The largest absolute Gasteiger partial charge is 0.416 e. The van der Waals surface area contributed by atoms with Crippen molar-refractivity contribution in [2.24, 2.45) is 0 Å². The monoisotopic (exact) mass is 293 g/mol. The molecular formula is C13H15F4NO2. The molecule has 0 saturated heterocycles. The molecule has 0 bridgehead atoms. The third kappa shape index (κ3) is 4.48. The minimum absolute atomic E-state index is 0.161. The summed E-state index contributed by atoms with van der Waals surface area (Å²) < 4.78 is 50.8. The van der Waals surface area contributed by atoms with E-state index in [-0.39, 0.29) is 18.5 Å². The van der Waals surface area contributed by atoms with Gasteiger partial charge in [-0.3, -0.25) is 4.79 Å². The summed E-state index contributed by atoms with van der Waals surface area (Å²) in [4.78, 5) is 13.0. The number of alkyl halides is 3. The molecule has 1 unspecified atom stereocenters. The highest BCUT2D eigenvalue weighted by Gasteiger charge is 2.32. The van der Waals surface area contributed by atoms with E-state index in [4.69, 9.17) is 5.11 Å². The summed E-state index contributed by atoms with van der Waals surface area (Å²) in [5.41, 5.74) is -1.57. The van der Waals surface area contributed by atoms with Crippen molar-refractivity contribution in [1.29, 1.82) is 0 Å². The minimum atomic E-state index is -4.71. The molecule has 0 saturated carbocycles. The van der Waals surface area contributed by atoms with Crippen LogP contribution in [-0.2, 0) is 6.18 Å². The number of amides is 1. The summed E-state index contributed by atoms with van der Waals surface area (Å²) in [7, 11) is 1.38. The Morgan fingerprint density at radius 1 is 1.35 bits per heavy atom. The van der Waals surface area contributed by atoms with Crippen molar-refractivity contribution in [3.05, 3.63) is 35.1 Å². The Kier molecular flexibility index (Phi) is 5.10. The quantitative estimate of drug-likeness (QED) is 0.867. The van der Waals surface area contributed by atoms with Crippen molar-refractivity contribution in [1.82, 2.24) is 4.90 Å². The van der Waals surface area contributed by atoms with Crippen molar-refractivity contribution >= 4 is 5.91 Å². The van der Waals surface area contributed by atoms with Gasteiger partial charge < -0.3 is 10.0 Å². The molecule has 0 heterocycles. The van der Waals surface area contributed by atoms with Gasteiger partial charge in [-0.15, -0.1) is 0 Å². The average molecular weight is 293 g/mol. The maximum atomic E-state index is 13.2. The zero-order valence-electron chi connectivity index (χ0n) is 11.0. The summed E-state index contributed by atoms with van der Waals surface area (Å²) in [5.74, 6) is -1.84. The number of aliphatic hydroxyl groups is 1. The highest BCUT2D eigenvalue weighted by Crippen LogP contribution is 2.30. The number of halogens is 4. The van der Waals surface area contributed by atoms with E-state index in [1.165, 1.54) is 14.0 Å². The van der Waals surface area contributed by atoms with Crippen LogP contribution in [0.25, 0.3) is 0 Å². The second kappa shape index (κ2) is 6.21. The molecule has 7 heteroatoms. The lowest BCUT2D eigenvalue weighted by molar-refractivity contribution is -0.137. The lowest BCUT2D eigenvalue weighted by Crippen LogP contribution is -2.29. The average Bonchev–Trinajstić information content (AvgIpc) is 2.33. The fourth-order valence-corrected chi connectivity index (χ4v) is 1.58. The standard InChI is InChI=1S/C13H15F4NO2/c1-8(19)3-4-18(2)12(20)9-5-10(13(15,16)17)7-11(14)6-9/h5-8,19H,3-4H2,1-2H3. The Bertz CT molecular complexity index is 486. The lowest BCUT2D eigenvalue weighted by Gasteiger charge is -2.18. The van der Waals surface area contributed by atoms with Crippen molar-refractivity contribution < 1.29 is 27.5 Å². The van der Waals surface area contributed by atoms with Gasteiger partial charge >= 0.3 is 6.18 Å². The molecule has 1 aromatic rings. The number of rotatable bonds is 4. The Balaban J connectivity index is 2.96. The van der Waals surface area contributed by atoms with Crippen molar-refractivity contribution in [3.63, 3.8) is 0 Å². The molecule has 1 amide bonds. The van der Waals surface area contributed by atoms with E-state index in [9.17, 15) is 22.4 Å². The molecule has 0 aromatic heterocycles. The van der Waals surface area contributed by atoms with E-state index < -0.39 is 29.6 Å². The maximum Gasteiger partial charge on any atom is 0.416 e. The number of nitrogens with zero attached hydrogens (tertiary/aromatic N) is 1. The van der Waals surface area contributed by atoms with E-state index in [1.54, 1.807) is 0 Å². The fraction of sp³-hybridized carbons (Fsp3) is 0.462. The van der Waals surface area contributed by atoms with Crippen LogP contribution in [0.2, 0.25) is 0 Å². The lowest BCUT2D eigenvalue weighted by atomic mass is 10.1. The van der Waals surface area contributed by atoms with Crippen LogP contribution in [0, 0.1) is 5.82 Å². The van der Waals surface area contributed by atoms with Crippen LogP contribution >= 0.6 is 0 Å². The van der Waals surface area contributed by atoms with E-state index >= 15 is 0 Å². The van der Waals surface area contributed by atoms with Gasteiger partial charge in [-0.1, -0.05) is 0 Å². The topological polar surface area (TPSA) is 40.5 Å². The Morgan fingerprint density at radius 2 is 1.95 bits per heavy atom. The van der Waals surface area contributed by atoms with Gasteiger partial charge in [0.2, 0.25) is 0 Å². The number of hydrogen-bond acceptors (Lipinski definition) is 2. The molecule has 1 rings (SSSR count). The second-order valence-corrected chi connectivity index (χ2v) is 4.59. The number of hydrogen-bond donors (Lipinski definition) is 1. The summed E-state index contributed by atoms with van der Waals surface area (Å²) in [6.45, 7) is 1.69. The number of aliphatic hydroxyl groups excluding tert-OH is 1. The SMILES string of the molecule is CC(O)CCN(C)C(=O)c1cc(F)cc(C(F)(F)F)c1. The van der Waals surface area contributed by atoms with E-state index in [0.29, 0.717) is 12.1 Å². The highest BCUT2D eigenvalue weighted by molar-refractivity contribution is 5.94. The van der Waals surface area contributed by atoms with Crippen molar-refractivity contribution in [3.8, 4) is 0 Å². The Hall–Kier alpha value is -1.63. The molecule has 20 heavy (non-hydrogen) atoms. The Morgan fingerprint density at radius 3 is 2.45 bits per heavy atom. The van der Waals surface area contributed by atoms with Crippen LogP contribution < -0.4 is 0 Å². The maximum absolute atomic E-state index is 13.2. The van der Waals surface area contributed by atoms with Gasteiger partial charge in [-0.05, 0) is 31.5 Å². The third-order valence-corrected chi connectivity index (χ3v) is 2.70. The molecule has 0 aliphatic carbocycles. The summed E-state index contributed by atoms with van der Waals surface area (Å²) in [6.07, 6.45) is -5.07. The molecular weight excluding hydrogens is 278 g/mol. The van der Waals surface area contributed by atoms with Gasteiger partial charge in [0.05, 0.1) is 11.7 Å². The van der Waals surface area contributed by atoms with Gasteiger partial charge in [0.25, 0.3) is 5.91 Å². The van der Waals surface area contributed by atoms with Crippen molar-refractivity contribution in [2.45, 2.75) is 25.6 Å². The van der Waals surface area contributed by atoms with Crippen molar-refractivity contribution in [2.75, 3.05) is 13.6 Å². The predicted molar refractivity (Wildman–Crippen MR) is 64.7 cm³/mol. The van der Waals surface area contributed by atoms with Crippen LogP contribution in [-0.4, -0.2) is 35.6 Å². The first-order valence-electron chi connectivity index (χ1n) is 5.92. The van der Waals surface area contributed by atoms with Crippen LogP contribution in [0.5, 0.6) is 0 Å².